The van der Waals surface area contributed by atoms with Crippen molar-refractivity contribution in [3.05, 3.63) is 46.2 Å². The van der Waals surface area contributed by atoms with Crippen LogP contribution in [0.15, 0.2) is 29.8 Å². The highest BCUT2D eigenvalue weighted by Crippen LogP contribution is 2.17. The number of rotatable bonds is 5. The summed E-state index contributed by atoms with van der Waals surface area (Å²) in [5.74, 6) is -1.29. The molecule has 23 heavy (non-hydrogen) atoms. The monoisotopic (exact) mass is 330 g/mol. The van der Waals surface area contributed by atoms with E-state index in [-0.39, 0.29) is 13.1 Å². The molecule has 2 aromatic heterocycles. The summed E-state index contributed by atoms with van der Waals surface area (Å²) in [6.45, 7) is 1.88. The highest BCUT2D eigenvalue weighted by Gasteiger charge is 2.44. The Morgan fingerprint density at radius 2 is 1.91 bits per heavy atom. The molecular weight excluding hydrogens is 316 g/mol. The molecule has 1 saturated heterocycles. The van der Waals surface area contributed by atoms with E-state index in [0.717, 1.165) is 20.4 Å². The minimum atomic E-state index is -0.828. The van der Waals surface area contributed by atoms with Crippen molar-refractivity contribution in [1.29, 1.82) is 0 Å². The number of carbonyl (C=O) groups is 3. The van der Waals surface area contributed by atoms with Gasteiger partial charge in [0, 0.05) is 29.7 Å². The fraction of sp³-hybridized carbons (Fsp3) is 0.267. The number of amides is 4. The Labute approximate surface area is 136 Å². The van der Waals surface area contributed by atoms with Crippen LogP contribution >= 0.6 is 11.3 Å². The predicted molar refractivity (Wildman–Crippen MR) is 82.5 cm³/mol. The van der Waals surface area contributed by atoms with Gasteiger partial charge in [-0.05, 0) is 24.4 Å². The van der Waals surface area contributed by atoms with E-state index in [9.17, 15) is 14.4 Å². The first-order valence-electron chi connectivity index (χ1n) is 7.04. The van der Waals surface area contributed by atoms with Crippen LogP contribution < -0.4 is 0 Å². The van der Waals surface area contributed by atoms with E-state index < -0.39 is 17.8 Å². The second-order valence-corrected chi connectivity index (χ2v) is 6.11. The van der Waals surface area contributed by atoms with Crippen LogP contribution in [-0.4, -0.2) is 44.2 Å². The lowest BCUT2D eigenvalue weighted by Crippen LogP contribution is -2.34. The normalized spacial score (nSPS) is 14.9. The first kappa shape index (κ1) is 15.3. The lowest BCUT2D eigenvalue weighted by atomic mass is 10.3. The summed E-state index contributed by atoms with van der Waals surface area (Å²) in [6, 6.07) is 4.94. The fourth-order valence-corrected chi connectivity index (χ4v) is 2.98. The molecule has 0 radical (unpaired) electrons. The molecule has 0 spiro atoms. The number of urea groups is 1. The fourth-order valence-electron chi connectivity index (χ4n) is 2.28. The number of hydrogen-bond donors (Lipinski definition) is 0. The average Bonchev–Trinajstić information content (AvgIpc) is 3.10. The van der Waals surface area contributed by atoms with E-state index in [2.05, 4.69) is 9.97 Å². The molecule has 0 saturated carbocycles. The SMILES string of the molecule is Cc1ccnc(CN2C(=O)C(=O)N(CCc3cccs3)C2=O)n1. The molecule has 0 bridgehead atoms. The van der Waals surface area contributed by atoms with Gasteiger partial charge in [0.1, 0.15) is 5.82 Å². The van der Waals surface area contributed by atoms with Crippen molar-refractivity contribution < 1.29 is 14.4 Å². The zero-order chi connectivity index (χ0) is 16.4. The van der Waals surface area contributed by atoms with E-state index >= 15 is 0 Å². The molecule has 1 aliphatic rings. The summed E-state index contributed by atoms with van der Waals surface area (Å²) in [6.07, 6.45) is 2.09. The van der Waals surface area contributed by atoms with E-state index in [1.165, 1.54) is 0 Å². The van der Waals surface area contributed by atoms with Crippen LogP contribution in [0.2, 0.25) is 0 Å². The van der Waals surface area contributed by atoms with Crippen LogP contribution in [0, 0.1) is 6.92 Å². The van der Waals surface area contributed by atoms with Crippen molar-refractivity contribution in [2.45, 2.75) is 19.9 Å². The molecule has 2 aromatic rings. The van der Waals surface area contributed by atoms with Crippen LogP contribution in [-0.2, 0) is 22.6 Å². The number of aromatic nitrogens is 2. The number of hydrogen-bond acceptors (Lipinski definition) is 6. The first-order chi connectivity index (χ1) is 11.1. The average molecular weight is 330 g/mol. The minimum absolute atomic E-state index is 0.0966. The topological polar surface area (TPSA) is 83.5 Å². The quantitative estimate of drug-likeness (QED) is 0.611. The Morgan fingerprint density at radius 1 is 1.13 bits per heavy atom. The van der Waals surface area contributed by atoms with Gasteiger partial charge in [-0.15, -0.1) is 11.3 Å². The molecule has 8 heteroatoms. The van der Waals surface area contributed by atoms with Crippen LogP contribution in [0.25, 0.3) is 0 Å². The molecule has 3 rings (SSSR count). The number of nitrogens with zero attached hydrogens (tertiary/aromatic N) is 4. The summed E-state index contributed by atoms with van der Waals surface area (Å²) in [7, 11) is 0. The van der Waals surface area contributed by atoms with Crippen molar-refractivity contribution >= 4 is 29.2 Å². The molecule has 3 heterocycles. The number of carbonyl (C=O) groups excluding carboxylic acids is 3. The lowest BCUT2D eigenvalue weighted by molar-refractivity contribution is -0.143. The van der Waals surface area contributed by atoms with Crippen molar-refractivity contribution in [2.75, 3.05) is 6.54 Å². The van der Waals surface area contributed by atoms with Gasteiger partial charge in [0.25, 0.3) is 0 Å². The molecule has 0 N–H and O–H groups in total. The summed E-state index contributed by atoms with van der Waals surface area (Å²) in [4.78, 5) is 47.5. The second-order valence-electron chi connectivity index (χ2n) is 5.07. The molecule has 118 valence electrons. The molecule has 0 atom stereocenters. The van der Waals surface area contributed by atoms with Gasteiger partial charge in [-0.1, -0.05) is 6.07 Å². The van der Waals surface area contributed by atoms with Crippen molar-refractivity contribution in [3.63, 3.8) is 0 Å². The van der Waals surface area contributed by atoms with E-state index in [1.807, 2.05) is 17.5 Å². The van der Waals surface area contributed by atoms with Gasteiger partial charge < -0.3 is 0 Å². The third kappa shape index (κ3) is 3.11. The van der Waals surface area contributed by atoms with Gasteiger partial charge in [0.05, 0.1) is 6.54 Å². The molecule has 1 fully saturated rings. The van der Waals surface area contributed by atoms with Crippen LogP contribution in [0.1, 0.15) is 16.4 Å². The van der Waals surface area contributed by atoms with E-state index in [1.54, 1.807) is 30.5 Å². The van der Waals surface area contributed by atoms with Gasteiger partial charge in [-0.25, -0.2) is 19.7 Å². The maximum absolute atomic E-state index is 12.3. The van der Waals surface area contributed by atoms with Gasteiger partial charge in [0.15, 0.2) is 0 Å². The van der Waals surface area contributed by atoms with Gasteiger partial charge in [0.2, 0.25) is 0 Å². The lowest BCUT2D eigenvalue weighted by Gasteiger charge is -2.14. The van der Waals surface area contributed by atoms with Crippen molar-refractivity contribution in [3.8, 4) is 0 Å². The second kappa shape index (κ2) is 6.25. The summed E-state index contributed by atoms with van der Waals surface area (Å²) in [5, 5.41) is 1.93. The smallest absolute Gasteiger partial charge is 0.263 e. The number of thiophene rings is 1. The van der Waals surface area contributed by atoms with E-state index in [0.29, 0.717) is 12.2 Å². The summed E-state index contributed by atoms with van der Waals surface area (Å²) in [5.41, 5.74) is 0.731. The highest BCUT2D eigenvalue weighted by molar-refractivity contribution is 7.09. The maximum atomic E-state index is 12.3. The standard InChI is InChI=1S/C15H14N4O3S/c1-10-4-6-16-12(17-10)9-19-14(21)13(20)18(15(19)22)7-5-11-3-2-8-23-11/h2-4,6,8H,5,7,9H2,1H3. The van der Waals surface area contributed by atoms with Crippen LogP contribution in [0.3, 0.4) is 0 Å². The van der Waals surface area contributed by atoms with Crippen molar-refractivity contribution in [1.82, 2.24) is 19.8 Å². The van der Waals surface area contributed by atoms with E-state index in [4.69, 9.17) is 0 Å². The van der Waals surface area contributed by atoms with Crippen molar-refractivity contribution in [2.24, 2.45) is 0 Å². The molecule has 0 aliphatic carbocycles. The van der Waals surface area contributed by atoms with Gasteiger partial charge >= 0.3 is 17.8 Å². The first-order valence-corrected chi connectivity index (χ1v) is 7.92. The highest BCUT2D eigenvalue weighted by atomic mass is 32.1. The predicted octanol–water partition coefficient (Wildman–Crippen LogP) is 1.38. The molecule has 4 amide bonds. The third-order valence-corrected chi connectivity index (χ3v) is 4.38. The summed E-state index contributed by atoms with van der Waals surface area (Å²) >= 11 is 1.55. The molecule has 7 nitrogen and oxygen atoms in total. The number of aryl methyl sites for hydroxylation is 1. The van der Waals surface area contributed by atoms with Gasteiger partial charge in [-0.2, -0.15) is 0 Å². The Kier molecular flexibility index (Phi) is 4.16. The van der Waals surface area contributed by atoms with Crippen LogP contribution in [0.5, 0.6) is 0 Å². The minimum Gasteiger partial charge on any atom is -0.263 e. The van der Waals surface area contributed by atoms with Gasteiger partial charge in [-0.3, -0.25) is 14.5 Å². The molecular formula is C15H14N4O3S. The Bertz CT molecular complexity index is 760. The zero-order valence-corrected chi connectivity index (χ0v) is 13.2. The Balaban J connectivity index is 1.71. The largest absolute Gasteiger partial charge is 0.334 e. The Hall–Kier alpha value is -2.61. The molecule has 0 unspecified atom stereocenters. The summed E-state index contributed by atoms with van der Waals surface area (Å²) < 4.78 is 0. The zero-order valence-electron chi connectivity index (χ0n) is 12.4. The van der Waals surface area contributed by atoms with Crippen LogP contribution in [0.4, 0.5) is 4.79 Å². The molecule has 0 aromatic carbocycles. The molecule has 1 aliphatic heterocycles. The Morgan fingerprint density at radius 3 is 2.61 bits per heavy atom. The maximum Gasteiger partial charge on any atom is 0.334 e. The number of imide groups is 2. The third-order valence-electron chi connectivity index (χ3n) is 3.44.